The number of hydrogen-bond acceptors (Lipinski definition) is 2. The molecule has 0 aliphatic heterocycles. The van der Waals surface area contributed by atoms with Crippen LogP contribution in [0.3, 0.4) is 0 Å². The topological polar surface area (TPSA) is 68.2 Å². The zero-order valence-corrected chi connectivity index (χ0v) is 8.45. The molecule has 1 rings (SSSR count). The molecule has 1 aromatic heterocycles. The number of rotatable bonds is 3. The largest absolute Gasteiger partial charge is 0.477 e. The number of nitrogens with zero attached hydrogens (tertiary/aromatic N) is 1. The molecule has 1 aromatic rings. The Bertz CT molecular complexity index is 396. The summed E-state index contributed by atoms with van der Waals surface area (Å²) in [6.45, 7) is 1.31. The second-order valence-corrected chi connectivity index (χ2v) is 3.49. The van der Waals surface area contributed by atoms with Gasteiger partial charge in [0.15, 0.2) is 0 Å². The van der Waals surface area contributed by atoms with Crippen molar-refractivity contribution in [2.75, 3.05) is 0 Å². The average Bonchev–Trinajstić information content (AvgIpc) is 2.45. The summed E-state index contributed by atoms with van der Waals surface area (Å²) in [5.74, 6) is -1.41. The molecule has 0 aliphatic carbocycles. The summed E-state index contributed by atoms with van der Waals surface area (Å²) in [4.78, 5) is 10.7. The van der Waals surface area contributed by atoms with E-state index in [9.17, 15) is 18.0 Å². The molecule has 0 unspecified atom stereocenters. The first kappa shape index (κ1) is 12.6. The Morgan fingerprint density at radius 2 is 2.12 bits per heavy atom. The maximum atomic E-state index is 12.5. The number of halogens is 3. The fraction of sp³-hybridized carbons (Fsp3) is 0.444. The van der Waals surface area contributed by atoms with E-state index in [1.54, 1.807) is 0 Å². The second kappa shape index (κ2) is 4.17. The van der Waals surface area contributed by atoms with Crippen molar-refractivity contribution >= 4 is 5.97 Å². The Balaban J connectivity index is 3.25. The summed E-state index contributed by atoms with van der Waals surface area (Å²) in [5.41, 5.74) is 3.97. The monoisotopic (exact) mass is 236 g/mol. The van der Waals surface area contributed by atoms with Gasteiger partial charge in [0.05, 0.1) is 0 Å². The summed E-state index contributed by atoms with van der Waals surface area (Å²) >= 11 is 0. The number of alkyl halides is 3. The zero-order chi connectivity index (χ0) is 12.5. The van der Waals surface area contributed by atoms with E-state index in [1.807, 2.05) is 0 Å². The highest BCUT2D eigenvalue weighted by Crippen LogP contribution is 2.31. The predicted octanol–water partition coefficient (Wildman–Crippen LogP) is 1.55. The van der Waals surface area contributed by atoms with Gasteiger partial charge in [0, 0.05) is 12.6 Å². The molecule has 16 heavy (non-hydrogen) atoms. The lowest BCUT2D eigenvalue weighted by atomic mass is 10.3. The highest BCUT2D eigenvalue weighted by molar-refractivity contribution is 5.86. The molecule has 0 spiro atoms. The van der Waals surface area contributed by atoms with Crippen LogP contribution in [-0.2, 0) is 12.7 Å². The lowest BCUT2D eigenvalue weighted by Gasteiger charge is -2.15. The summed E-state index contributed by atoms with van der Waals surface area (Å²) in [7, 11) is 0. The van der Waals surface area contributed by atoms with Crippen LogP contribution < -0.4 is 5.73 Å². The van der Waals surface area contributed by atoms with Gasteiger partial charge in [-0.25, -0.2) is 4.79 Å². The molecule has 0 bridgehead atoms. The van der Waals surface area contributed by atoms with Crippen molar-refractivity contribution in [2.24, 2.45) is 5.73 Å². The van der Waals surface area contributed by atoms with Crippen LogP contribution in [0.5, 0.6) is 0 Å². The predicted molar refractivity (Wildman–Crippen MR) is 50.0 cm³/mol. The third kappa shape index (κ3) is 2.54. The summed E-state index contributed by atoms with van der Waals surface area (Å²) in [5, 5.41) is 8.73. The summed E-state index contributed by atoms with van der Waals surface area (Å²) < 4.78 is 38.2. The highest BCUT2D eigenvalue weighted by atomic mass is 19.4. The van der Waals surface area contributed by atoms with Gasteiger partial charge >= 0.3 is 12.1 Å². The number of nitrogens with two attached hydrogens (primary N) is 1. The molecular formula is C9H11F3N2O2. The Morgan fingerprint density at radius 1 is 1.56 bits per heavy atom. The minimum absolute atomic E-state index is 0.191. The maximum Gasteiger partial charge on any atom is 0.431 e. The number of aromatic carboxylic acids is 1. The molecule has 0 radical (unpaired) electrons. The molecule has 0 amide bonds. The van der Waals surface area contributed by atoms with Crippen LogP contribution >= 0.6 is 0 Å². The molecule has 0 saturated heterocycles. The number of carbonyl (C=O) groups is 1. The van der Waals surface area contributed by atoms with Crippen molar-refractivity contribution in [3.63, 3.8) is 0 Å². The maximum absolute atomic E-state index is 12.5. The fourth-order valence-electron chi connectivity index (χ4n) is 1.39. The number of carboxylic acids is 1. The van der Waals surface area contributed by atoms with Crippen LogP contribution in [0.25, 0.3) is 0 Å². The number of aromatic nitrogens is 1. The molecule has 0 fully saturated rings. The fourth-order valence-corrected chi connectivity index (χ4v) is 1.39. The Kier molecular flexibility index (Phi) is 3.27. The molecular weight excluding hydrogens is 225 g/mol. The zero-order valence-electron chi connectivity index (χ0n) is 8.45. The molecule has 0 aromatic carbocycles. The van der Waals surface area contributed by atoms with Crippen LogP contribution in [0.1, 0.15) is 23.1 Å². The lowest BCUT2D eigenvalue weighted by Crippen LogP contribution is -2.27. The third-order valence-electron chi connectivity index (χ3n) is 1.96. The van der Waals surface area contributed by atoms with Gasteiger partial charge in [-0.05, 0) is 19.1 Å². The van der Waals surface area contributed by atoms with E-state index in [0.717, 1.165) is 12.1 Å². The van der Waals surface area contributed by atoms with E-state index in [2.05, 4.69) is 0 Å². The van der Waals surface area contributed by atoms with Gasteiger partial charge in [0.1, 0.15) is 11.4 Å². The van der Waals surface area contributed by atoms with E-state index >= 15 is 0 Å². The Morgan fingerprint density at radius 3 is 2.50 bits per heavy atom. The highest BCUT2D eigenvalue weighted by Gasteiger charge is 2.36. The number of hydrogen-bond donors (Lipinski definition) is 2. The van der Waals surface area contributed by atoms with Crippen molar-refractivity contribution < 1.29 is 23.1 Å². The summed E-state index contributed by atoms with van der Waals surface area (Å²) in [6.07, 6.45) is -4.58. The minimum Gasteiger partial charge on any atom is -0.477 e. The van der Waals surface area contributed by atoms with Gasteiger partial charge in [-0.2, -0.15) is 13.2 Å². The van der Waals surface area contributed by atoms with Crippen molar-refractivity contribution in [1.82, 2.24) is 4.57 Å². The molecule has 0 aliphatic rings. The van der Waals surface area contributed by atoms with E-state index in [1.165, 1.54) is 6.92 Å². The van der Waals surface area contributed by atoms with Gasteiger partial charge in [0.25, 0.3) is 0 Å². The van der Waals surface area contributed by atoms with Crippen LogP contribution in [0, 0.1) is 0 Å². The molecule has 4 nitrogen and oxygen atoms in total. The van der Waals surface area contributed by atoms with E-state index in [0.29, 0.717) is 4.57 Å². The SMILES string of the molecule is C[C@@H](N)Cn1c(C(=O)O)ccc1C(F)(F)F. The average molecular weight is 236 g/mol. The van der Waals surface area contributed by atoms with Crippen LogP contribution in [0.15, 0.2) is 12.1 Å². The Labute approximate surface area is 89.5 Å². The van der Waals surface area contributed by atoms with Crippen molar-refractivity contribution in [3.8, 4) is 0 Å². The molecule has 1 heterocycles. The third-order valence-corrected chi connectivity index (χ3v) is 1.96. The quantitative estimate of drug-likeness (QED) is 0.836. The lowest BCUT2D eigenvalue weighted by molar-refractivity contribution is -0.143. The van der Waals surface area contributed by atoms with Gasteiger partial charge in [-0.1, -0.05) is 0 Å². The van der Waals surface area contributed by atoms with Crippen LogP contribution in [-0.4, -0.2) is 21.7 Å². The second-order valence-electron chi connectivity index (χ2n) is 3.49. The smallest absolute Gasteiger partial charge is 0.431 e. The first-order valence-electron chi connectivity index (χ1n) is 4.49. The van der Waals surface area contributed by atoms with E-state index < -0.39 is 29.6 Å². The molecule has 0 saturated carbocycles. The van der Waals surface area contributed by atoms with Gasteiger partial charge in [0.2, 0.25) is 0 Å². The van der Waals surface area contributed by atoms with E-state index in [-0.39, 0.29) is 6.54 Å². The standard InChI is InChI=1S/C9H11F3N2O2/c1-5(13)4-14-6(8(15)16)2-3-7(14)9(10,11)12/h2-3,5H,4,13H2,1H3,(H,15,16)/t5-/m1/s1. The van der Waals surface area contributed by atoms with Crippen LogP contribution in [0.2, 0.25) is 0 Å². The first-order chi connectivity index (χ1) is 7.23. The van der Waals surface area contributed by atoms with Gasteiger partial charge in [-0.15, -0.1) is 0 Å². The first-order valence-corrected chi connectivity index (χ1v) is 4.49. The number of carboxylic acid groups (broad SMARTS) is 1. The van der Waals surface area contributed by atoms with Crippen molar-refractivity contribution in [1.29, 1.82) is 0 Å². The van der Waals surface area contributed by atoms with E-state index in [4.69, 9.17) is 10.8 Å². The molecule has 90 valence electrons. The van der Waals surface area contributed by atoms with Gasteiger partial charge in [-0.3, -0.25) is 0 Å². The Hall–Kier alpha value is -1.50. The van der Waals surface area contributed by atoms with Crippen LogP contribution in [0.4, 0.5) is 13.2 Å². The molecule has 7 heteroatoms. The van der Waals surface area contributed by atoms with Crippen molar-refractivity contribution in [3.05, 3.63) is 23.5 Å². The molecule has 3 N–H and O–H groups in total. The minimum atomic E-state index is -4.58. The normalized spacial score (nSPS) is 13.8. The van der Waals surface area contributed by atoms with Crippen molar-refractivity contribution in [2.45, 2.75) is 25.7 Å². The summed E-state index contributed by atoms with van der Waals surface area (Å²) in [6, 6.07) is 1.10. The van der Waals surface area contributed by atoms with Gasteiger partial charge < -0.3 is 15.4 Å². The molecule has 1 atom stereocenters.